The lowest BCUT2D eigenvalue weighted by atomic mass is 10.1. The lowest BCUT2D eigenvalue weighted by Crippen LogP contribution is -2.14. The molecule has 34 heavy (non-hydrogen) atoms. The molecule has 4 rings (SSSR count). The SMILES string of the molecule is Cc1ccc(-n2nnc(C(=O)Nc3nc(C)c(Cc4ccc(S(N)(=O)=O)cc4)s3)c2C)cc1C. The normalized spacial score (nSPS) is 11.6. The van der Waals surface area contributed by atoms with E-state index in [1.54, 1.807) is 23.7 Å². The lowest BCUT2D eigenvalue weighted by Gasteiger charge is -2.06. The highest BCUT2D eigenvalue weighted by atomic mass is 32.2. The topological polar surface area (TPSA) is 133 Å². The summed E-state index contributed by atoms with van der Waals surface area (Å²) >= 11 is 1.36. The molecule has 9 nitrogen and oxygen atoms in total. The van der Waals surface area contributed by atoms with Gasteiger partial charge < -0.3 is 0 Å². The van der Waals surface area contributed by atoms with Crippen LogP contribution in [0.25, 0.3) is 5.69 Å². The van der Waals surface area contributed by atoms with Gasteiger partial charge in [0.1, 0.15) is 0 Å². The first-order valence-electron chi connectivity index (χ1n) is 10.4. The number of nitrogens with zero attached hydrogens (tertiary/aromatic N) is 4. The smallest absolute Gasteiger partial charge is 0.279 e. The number of benzene rings is 2. The maximum atomic E-state index is 12.9. The molecule has 3 N–H and O–H groups in total. The fourth-order valence-corrected chi connectivity index (χ4v) is 4.93. The molecule has 176 valence electrons. The van der Waals surface area contributed by atoms with Gasteiger partial charge in [0.2, 0.25) is 10.0 Å². The third kappa shape index (κ3) is 4.91. The van der Waals surface area contributed by atoms with Crippen molar-refractivity contribution in [3.8, 4) is 5.69 Å². The molecule has 0 bridgehead atoms. The van der Waals surface area contributed by atoms with Gasteiger partial charge in [0.15, 0.2) is 10.8 Å². The predicted octanol–water partition coefficient (Wildman–Crippen LogP) is 3.45. The minimum atomic E-state index is -3.73. The van der Waals surface area contributed by atoms with E-state index < -0.39 is 10.0 Å². The summed E-state index contributed by atoms with van der Waals surface area (Å²) in [6, 6.07) is 12.3. The maximum Gasteiger partial charge on any atom is 0.279 e. The van der Waals surface area contributed by atoms with E-state index in [1.165, 1.54) is 29.0 Å². The van der Waals surface area contributed by atoms with Crippen LogP contribution in [0.4, 0.5) is 5.13 Å². The summed E-state index contributed by atoms with van der Waals surface area (Å²) in [4.78, 5) is 18.4. The van der Waals surface area contributed by atoms with Crippen LogP contribution in [0.15, 0.2) is 47.4 Å². The summed E-state index contributed by atoms with van der Waals surface area (Å²) in [5.41, 5.74) is 5.69. The van der Waals surface area contributed by atoms with E-state index in [9.17, 15) is 13.2 Å². The number of hydrogen-bond acceptors (Lipinski definition) is 7. The van der Waals surface area contributed by atoms with E-state index >= 15 is 0 Å². The maximum absolute atomic E-state index is 12.9. The molecule has 4 aromatic rings. The van der Waals surface area contributed by atoms with E-state index in [0.29, 0.717) is 17.2 Å². The van der Waals surface area contributed by atoms with Crippen molar-refractivity contribution >= 4 is 32.4 Å². The van der Waals surface area contributed by atoms with Gasteiger partial charge >= 0.3 is 0 Å². The standard InChI is InChI=1S/C23H24N6O3S2/c1-13-5-8-18(11-14(13)2)29-16(4)21(27-28-29)22(30)26-23-25-15(3)20(33-23)12-17-6-9-19(10-7-17)34(24,31)32/h5-11H,12H2,1-4H3,(H2,24,31,32)(H,25,26,30). The van der Waals surface area contributed by atoms with E-state index in [0.717, 1.165) is 27.4 Å². The minimum absolute atomic E-state index is 0.0643. The second-order valence-corrected chi connectivity index (χ2v) is 10.7. The van der Waals surface area contributed by atoms with Crippen molar-refractivity contribution in [2.75, 3.05) is 5.32 Å². The van der Waals surface area contributed by atoms with Gasteiger partial charge in [-0.3, -0.25) is 10.1 Å². The Morgan fingerprint density at radius 1 is 1.06 bits per heavy atom. The number of anilines is 1. The Kier molecular flexibility index (Phi) is 6.34. The van der Waals surface area contributed by atoms with Crippen LogP contribution in [0.1, 0.15) is 43.4 Å². The zero-order valence-corrected chi connectivity index (χ0v) is 20.8. The van der Waals surface area contributed by atoms with Crippen LogP contribution in [-0.4, -0.2) is 34.3 Å². The second kappa shape index (κ2) is 9.09. The summed E-state index contributed by atoms with van der Waals surface area (Å²) in [7, 11) is -3.73. The summed E-state index contributed by atoms with van der Waals surface area (Å²) in [6.45, 7) is 7.72. The lowest BCUT2D eigenvalue weighted by molar-refractivity contribution is 0.102. The van der Waals surface area contributed by atoms with E-state index in [2.05, 4.69) is 20.6 Å². The number of thiazole rings is 1. The summed E-state index contributed by atoms with van der Waals surface area (Å²) in [5.74, 6) is -0.384. The number of aryl methyl sites for hydroxylation is 3. The zero-order valence-electron chi connectivity index (χ0n) is 19.2. The molecule has 0 unspecified atom stereocenters. The van der Waals surface area contributed by atoms with Crippen molar-refractivity contribution in [2.24, 2.45) is 5.14 Å². The Balaban J connectivity index is 1.50. The van der Waals surface area contributed by atoms with Crippen LogP contribution in [0.3, 0.4) is 0 Å². The van der Waals surface area contributed by atoms with Gasteiger partial charge in [0, 0.05) is 11.3 Å². The number of rotatable bonds is 6. The molecule has 2 heterocycles. The molecule has 0 saturated carbocycles. The molecule has 0 saturated heterocycles. The zero-order chi connectivity index (χ0) is 24.6. The molecule has 0 aliphatic heterocycles. The molecule has 0 aliphatic carbocycles. The van der Waals surface area contributed by atoms with Crippen LogP contribution >= 0.6 is 11.3 Å². The molecule has 0 atom stereocenters. The monoisotopic (exact) mass is 496 g/mol. The van der Waals surface area contributed by atoms with Crippen molar-refractivity contribution in [3.05, 3.63) is 81.1 Å². The van der Waals surface area contributed by atoms with Gasteiger partial charge in [-0.05, 0) is 68.7 Å². The molecule has 0 fully saturated rings. The van der Waals surface area contributed by atoms with E-state index in [4.69, 9.17) is 5.14 Å². The van der Waals surface area contributed by atoms with Crippen molar-refractivity contribution < 1.29 is 13.2 Å². The quantitative estimate of drug-likeness (QED) is 0.420. The Labute approximate surface area is 201 Å². The summed E-state index contributed by atoms with van der Waals surface area (Å²) < 4.78 is 24.5. The first kappa shape index (κ1) is 23.7. The van der Waals surface area contributed by atoms with Crippen LogP contribution in [0, 0.1) is 27.7 Å². The molecule has 2 aromatic heterocycles. The highest BCUT2D eigenvalue weighted by Crippen LogP contribution is 2.26. The fourth-order valence-electron chi connectivity index (χ4n) is 3.43. The Hall–Kier alpha value is -3.41. The molecule has 0 radical (unpaired) electrons. The number of aromatic nitrogens is 4. The molecule has 2 aromatic carbocycles. The number of nitrogens with one attached hydrogen (secondary N) is 1. The summed E-state index contributed by atoms with van der Waals surface area (Å²) in [6.07, 6.45) is 0.548. The molecular formula is C23H24N6O3S2. The van der Waals surface area contributed by atoms with Gasteiger partial charge in [-0.25, -0.2) is 23.2 Å². The summed E-state index contributed by atoms with van der Waals surface area (Å²) in [5, 5.41) is 16.7. The first-order valence-corrected chi connectivity index (χ1v) is 12.8. The van der Waals surface area contributed by atoms with Gasteiger partial charge in [-0.1, -0.05) is 23.4 Å². The van der Waals surface area contributed by atoms with Crippen LogP contribution in [0.2, 0.25) is 0 Å². The number of sulfonamides is 1. The molecule has 0 spiro atoms. The average molecular weight is 497 g/mol. The van der Waals surface area contributed by atoms with Crippen LogP contribution in [-0.2, 0) is 16.4 Å². The van der Waals surface area contributed by atoms with E-state index in [-0.39, 0.29) is 16.5 Å². The Morgan fingerprint density at radius 3 is 2.41 bits per heavy atom. The van der Waals surface area contributed by atoms with E-state index in [1.807, 2.05) is 39.0 Å². The first-order chi connectivity index (χ1) is 16.0. The minimum Gasteiger partial charge on any atom is -0.296 e. The highest BCUT2D eigenvalue weighted by molar-refractivity contribution is 7.89. The molecule has 11 heteroatoms. The van der Waals surface area contributed by atoms with Crippen LogP contribution in [0.5, 0.6) is 0 Å². The number of carbonyl (C=O) groups is 1. The number of hydrogen-bond donors (Lipinski definition) is 2. The van der Waals surface area contributed by atoms with Crippen molar-refractivity contribution in [1.82, 2.24) is 20.0 Å². The predicted molar refractivity (Wildman–Crippen MR) is 131 cm³/mol. The third-order valence-electron chi connectivity index (χ3n) is 5.57. The van der Waals surface area contributed by atoms with Crippen LogP contribution < -0.4 is 10.5 Å². The Bertz CT molecular complexity index is 1490. The van der Waals surface area contributed by atoms with Gasteiger partial charge in [0.25, 0.3) is 5.91 Å². The van der Waals surface area contributed by atoms with Gasteiger partial charge in [-0.2, -0.15) is 0 Å². The third-order valence-corrected chi connectivity index (χ3v) is 7.58. The fraction of sp³-hybridized carbons (Fsp3) is 0.217. The molecule has 1 amide bonds. The molecule has 0 aliphatic rings. The van der Waals surface area contributed by atoms with Crippen molar-refractivity contribution in [2.45, 2.75) is 39.0 Å². The number of amides is 1. The average Bonchev–Trinajstić information content (AvgIpc) is 3.32. The number of nitrogens with two attached hydrogens (primary N) is 1. The molecular weight excluding hydrogens is 472 g/mol. The number of carbonyl (C=O) groups excluding carboxylic acids is 1. The van der Waals surface area contributed by atoms with Gasteiger partial charge in [0.05, 0.1) is 22.0 Å². The van der Waals surface area contributed by atoms with Gasteiger partial charge in [-0.15, -0.1) is 16.4 Å². The Morgan fingerprint density at radius 2 is 1.76 bits per heavy atom. The van der Waals surface area contributed by atoms with Crippen molar-refractivity contribution in [3.63, 3.8) is 0 Å². The second-order valence-electron chi connectivity index (χ2n) is 8.05. The largest absolute Gasteiger partial charge is 0.296 e. The van der Waals surface area contributed by atoms with Crippen molar-refractivity contribution in [1.29, 1.82) is 0 Å². The number of primary sulfonamides is 1. The highest BCUT2D eigenvalue weighted by Gasteiger charge is 2.20.